The second-order valence-electron chi connectivity index (χ2n) is 4.36. The van der Waals surface area contributed by atoms with E-state index < -0.39 is 0 Å². The number of rotatable bonds is 7. The predicted molar refractivity (Wildman–Crippen MR) is 84.0 cm³/mol. The second kappa shape index (κ2) is 8.87. The molecule has 7 heteroatoms. The van der Waals surface area contributed by atoms with E-state index in [2.05, 4.69) is 5.32 Å². The average Bonchev–Trinajstić information content (AvgIpc) is 2.42. The van der Waals surface area contributed by atoms with E-state index in [1.54, 1.807) is 25.3 Å². The van der Waals surface area contributed by atoms with Gasteiger partial charge >= 0.3 is 0 Å². The number of carbonyl (C=O) groups excluding carboxylic acids is 2. The van der Waals surface area contributed by atoms with Crippen LogP contribution in [0.25, 0.3) is 0 Å². The van der Waals surface area contributed by atoms with Crippen molar-refractivity contribution < 1.29 is 14.3 Å². The van der Waals surface area contributed by atoms with Crippen LogP contribution in [-0.2, 0) is 14.3 Å². The first-order valence-electron chi connectivity index (χ1n) is 6.44. The number of hydrogen-bond acceptors (Lipinski definition) is 3. The van der Waals surface area contributed by atoms with Gasteiger partial charge in [0, 0.05) is 38.6 Å². The van der Waals surface area contributed by atoms with E-state index in [9.17, 15) is 9.59 Å². The Morgan fingerprint density at radius 2 is 2.05 bits per heavy atom. The molecule has 1 aromatic carbocycles. The van der Waals surface area contributed by atoms with Gasteiger partial charge in [-0.3, -0.25) is 9.59 Å². The van der Waals surface area contributed by atoms with Crippen molar-refractivity contribution in [3.8, 4) is 0 Å². The summed E-state index contributed by atoms with van der Waals surface area (Å²) in [5.74, 6) is -0.361. The van der Waals surface area contributed by atoms with E-state index in [-0.39, 0.29) is 24.8 Å². The number of ether oxygens (including phenoxy) is 1. The molecule has 21 heavy (non-hydrogen) atoms. The second-order valence-corrected chi connectivity index (χ2v) is 5.20. The largest absolute Gasteiger partial charge is 0.383 e. The Morgan fingerprint density at radius 1 is 1.33 bits per heavy atom. The normalized spacial score (nSPS) is 10.3. The summed E-state index contributed by atoms with van der Waals surface area (Å²) in [6.07, 6.45) is 0.173. The molecule has 0 atom stereocenters. The molecule has 0 fully saturated rings. The molecule has 0 saturated carbocycles. The highest BCUT2D eigenvalue weighted by Crippen LogP contribution is 2.29. The van der Waals surface area contributed by atoms with Crippen LogP contribution in [0.4, 0.5) is 5.69 Å². The molecule has 116 valence electrons. The van der Waals surface area contributed by atoms with Crippen molar-refractivity contribution in [3.05, 3.63) is 28.2 Å². The van der Waals surface area contributed by atoms with Gasteiger partial charge in [0.1, 0.15) is 0 Å². The quantitative estimate of drug-likeness (QED) is 0.780. The third-order valence-corrected chi connectivity index (χ3v) is 3.32. The number of halogens is 2. The maximum absolute atomic E-state index is 11.8. The molecule has 0 aliphatic carbocycles. The molecule has 1 N–H and O–H groups in total. The number of methoxy groups -OCH3 is 1. The lowest BCUT2D eigenvalue weighted by molar-refractivity contribution is -0.121. The Labute approximate surface area is 134 Å². The number of amides is 2. The van der Waals surface area contributed by atoms with Crippen molar-refractivity contribution in [1.82, 2.24) is 5.32 Å². The molecule has 5 nitrogen and oxygen atoms in total. The van der Waals surface area contributed by atoms with Gasteiger partial charge in [-0.1, -0.05) is 23.2 Å². The minimum atomic E-state index is -0.205. The molecule has 2 amide bonds. The van der Waals surface area contributed by atoms with Crippen molar-refractivity contribution in [1.29, 1.82) is 0 Å². The van der Waals surface area contributed by atoms with Crippen molar-refractivity contribution in [2.75, 3.05) is 31.7 Å². The summed E-state index contributed by atoms with van der Waals surface area (Å²) in [5, 5.41) is 3.58. The van der Waals surface area contributed by atoms with Crippen molar-refractivity contribution in [2.45, 2.75) is 13.3 Å². The smallest absolute Gasteiger partial charge is 0.223 e. The molecule has 1 rings (SSSR count). The first-order chi connectivity index (χ1) is 9.95. The van der Waals surface area contributed by atoms with E-state index in [1.807, 2.05) is 0 Å². The molecule has 0 aliphatic rings. The van der Waals surface area contributed by atoms with E-state index in [1.165, 1.54) is 11.8 Å². The molecule has 1 aromatic rings. The van der Waals surface area contributed by atoms with Gasteiger partial charge in [-0.15, -0.1) is 0 Å². The van der Waals surface area contributed by atoms with Crippen LogP contribution in [0.3, 0.4) is 0 Å². The fourth-order valence-electron chi connectivity index (χ4n) is 1.73. The van der Waals surface area contributed by atoms with Crippen molar-refractivity contribution >= 4 is 40.7 Å². The highest BCUT2D eigenvalue weighted by atomic mass is 35.5. The highest BCUT2D eigenvalue weighted by Gasteiger charge is 2.16. The van der Waals surface area contributed by atoms with Crippen LogP contribution < -0.4 is 10.2 Å². The summed E-state index contributed by atoms with van der Waals surface area (Å²) in [5.41, 5.74) is 0.501. The number of carbonyl (C=O) groups is 2. The average molecular weight is 333 g/mol. The molecule has 0 spiro atoms. The molecule has 0 unspecified atom stereocenters. The standard InChI is InChI=1S/C14H18Cl2N2O3/c1-10(19)18(7-5-14(20)17-6-8-21-2)13-9-11(15)3-4-12(13)16/h3-4,9H,5-8H2,1-2H3,(H,17,20). The summed E-state index contributed by atoms with van der Waals surface area (Å²) in [7, 11) is 1.56. The van der Waals surface area contributed by atoms with Gasteiger partial charge in [0.15, 0.2) is 0 Å². The van der Waals surface area contributed by atoms with Crippen LogP contribution in [0.1, 0.15) is 13.3 Å². The van der Waals surface area contributed by atoms with Gasteiger partial charge in [0.05, 0.1) is 17.3 Å². The van der Waals surface area contributed by atoms with E-state index in [0.29, 0.717) is 28.9 Å². The molecule has 0 saturated heterocycles. The van der Waals surface area contributed by atoms with Gasteiger partial charge in [0.25, 0.3) is 0 Å². The zero-order chi connectivity index (χ0) is 15.8. The van der Waals surface area contributed by atoms with E-state index in [0.717, 1.165) is 0 Å². The van der Waals surface area contributed by atoms with E-state index in [4.69, 9.17) is 27.9 Å². The SMILES string of the molecule is COCCNC(=O)CCN(C(C)=O)c1cc(Cl)ccc1Cl. The summed E-state index contributed by atoms with van der Waals surface area (Å²) in [4.78, 5) is 24.9. The fourth-order valence-corrected chi connectivity index (χ4v) is 2.12. The molecule has 0 bridgehead atoms. The third-order valence-electron chi connectivity index (χ3n) is 2.77. The van der Waals surface area contributed by atoms with Gasteiger partial charge in [-0.05, 0) is 18.2 Å². The molecule has 0 heterocycles. The summed E-state index contributed by atoms with van der Waals surface area (Å²) in [6, 6.07) is 4.87. The Morgan fingerprint density at radius 3 is 2.67 bits per heavy atom. The summed E-state index contributed by atoms with van der Waals surface area (Å²) >= 11 is 12.0. The molecular weight excluding hydrogens is 315 g/mol. The Hall–Kier alpha value is -1.30. The number of benzene rings is 1. The van der Waals surface area contributed by atoms with Crippen LogP contribution in [0.15, 0.2) is 18.2 Å². The van der Waals surface area contributed by atoms with Crippen molar-refractivity contribution in [3.63, 3.8) is 0 Å². The summed E-state index contributed by atoms with van der Waals surface area (Å²) < 4.78 is 4.84. The number of hydrogen-bond donors (Lipinski definition) is 1. The zero-order valence-electron chi connectivity index (χ0n) is 12.0. The highest BCUT2D eigenvalue weighted by molar-refractivity contribution is 6.35. The van der Waals surface area contributed by atoms with Crippen LogP contribution in [0.2, 0.25) is 10.0 Å². The molecule has 0 aromatic heterocycles. The lowest BCUT2D eigenvalue weighted by Crippen LogP contribution is -2.35. The maximum atomic E-state index is 11.8. The fraction of sp³-hybridized carbons (Fsp3) is 0.429. The van der Waals surface area contributed by atoms with Gasteiger partial charge in [0.2, 0.25) is 11.8 Å². The lowest BCUT2D eigenvalue weighted by atomic mass is 10.2. The zero-order valence-corrected chi connectivity index (χ0v) is 13.5. The van der Waals surface area contributed by atoms with Gasteiger partial charge in [-0.2, -0.15) is 0 Å². The Bertz CT molecular complexity index is 509. The maximum Gasteiger partial charge on any atom is 0.223 e. The van der Waals surface area contributed by atoms with Crippen molar-refractivity contribution in [2.24, 2.45) is 0 Å². The molecular formula is C14H18Cl2N2O3. The summed E-state index contributed by atoms with van der Waals surface area (Å²) in [6.45, 7) is 2.53. The number of anilines is 1. The first kappa shape index (κ1) is 17.8. The monoisotopic (exact) mass is 332 g/mol. The third kappa shape index (κ3) is 5.91. The molecule has 0 aliphatic heterocycles. The predicted octanol–water partition coefficient (Wildman–Crippen LogP) is 2.50. The Kier molecular flexibility index (Phi) is 7.50. The van der Waals surface area contributed by atoms with Gasteiger partial charge < -0.3 is 15.0 Å². The van der Waals surface area contributed by atoms with E-state index >= 15 is 0 Å². The molecule has 0 radical (unpaired) electrons. The minimum absolute atomic E-state index is 0.156. The number of nitrogens with zero attached hydrogens (tertiary/aromatic N) is 1. The first-order valence-corrected chi connectivity index (χ1v) is 7.20. The van der Waals surface area contributed by atoms with Gasteiger partial charge in [-0.25, -0.2) is 0 Å². The van der Waals surface area contributed by atoms with Crippen LogP contribution in [0.5, 0.6) is 0 Å². The lowest BCUT2D eigenvalue weighted by Gasteiger charge is -2.22. The number of nitrogens with one attached hydrogen (secondary N) is 1. The van der Waals surface area contributed by atoms with Crippen LogP contribution in [-0.4, -0.2) is 38.6 Å². The van der Waals surface area contributed by atoms with Crippen LogP contribution in [0, 0.1) is 0 Å². The van der Waals surface area contributed by atoms with Crippen LogP contribution >= 0.6 is 23.2 Å². The topological polar surface area (TPSA) is 58.6 Å². The minimum Gasteiger partial charge on any atom is -0.383 e. The Balaban J connectivity index is 2.68.